The van der Waals surface area contributed by atoms with E-state index < -0.39 is 17.7 Å². The van der Waals surface area contributed by atoms with E-state index in [1.54, 1.807) is 13.8 Å². The van der Waals surface area contributed by atoms with E-state index in [4.69, 9.17) is 4.74 Å². The molecule has 1 amide bonds. The number of hydrogen-bond donors (Lipinski definition) is 2. The van der Waals surface area contributed by atoms with Crippen molar-refractivity contribution in [3.05, 3.63) is 47.3 Å². The Morgan fingerprint density at radius 1 is 1.43 bits per heavy atom. The zero-order chi connectivity index (χ0) is 15.4. The molecule has 0 atom stereocenters. The predicted molar refractivity (Wildman–Crippen MR) is 73.6 cm³/mol. The molecular weight excluding hydrogens is 277 g/mol. The maximum Gasteiger partial charge on any atom is 0.342 e. The Morgan fingerprint density at radius 2 is 2.19 bits per heavy atom. The van der Waals surface area contributed by atoms with Gasteiger partial charge in [0.15, 0.2) is 0 Å². The molecule has 7 heteroatoms. The van der Waals surface area contributed by atoms with Crippen LogP contribution in [0.5, 0.6) is 0 Å². The van der Waals surface area contributed by atoms with Crippen molar-refractivity contribution < 1.29 is 18.7 Å². The van der Waals surface area contributed by atoms with Crippen molar-refractivity contribution in [3.63, 3.8) is 0 Å². The van der Waals surface area contributed by atoms with Crippen molar-refractivity contribution in [1.29, 1.82) is 0 Å². The first-order chi connectivity index (χ1) is 10.0. The summed E-state index contributed by atoms with van der Waals surface area (Å²) in [7, 11) is 0. The molecule has 0 aliphatic heterocycles. The number of hydrogen-bond acceptors (Lipinski definition) is 4. The Labute approximate surface area is 120 Å². The van der Waals surface area contributed by atoms with E-state index in [0.717, 1.165) is 12.3 Å². The number of aromatic nitrogens is 2. The minimum Gasteiger partial charge on any atom is -0.462 e. The molecule has 6 nitrogen and oxygen atoms in total. The summed E-state index contributed by atoms with van der Waals surface area (Å²) in [6, 6.07) is 2.39. The van der Waals surface area contributed by atoms with Crippen molar-refractivity contribution in [2.24, 2.45) is 0 Å². The highest BCUT2D eigenvalue weighted by atomic mass is 19.1. The van der Waals surface area contributed by atoms with E-state index in [2.05, 4.69) is 15.3 Å². The Bertz CT molecular complexity index is 665. The number of halogens is 1. The highest BCUT2D eigenvalue weighted by Gasteiger charge is 2.20. The van der Waals surface area contributed by atoms with Gasteiger partial charge in [-0.3, -0.25) is 4.79 Å². The highest BCUT2D eigenvalue weighted by molar-refractivity contribution is 6.07. The van der Waals surface area contributed by atoms with Gasteiger partial charge < -0.3 is 15.0 Å². The van der Waals surface area contributed by atoms with Gasteiger partial charge in [0, 0.05) is 11.9 Å². The minimum absolute atomic E-state index is 0.0464. The van der Waals surface area contributed by atoms with Crippen molar-refractivity contribution in [3.8, 4) is 0 Å². The molecule has 2 rings (SSSR count). The minimum atomic E-state index is -0.542. The SMILES string of the molecule is CCOC(=O)c1c(NC(=O)c2ccc(F)cn2)c[nH]c1C. The number of esters is 1. The number of carbonyl (C=O) groups is 2. The molecule has 2 aromatic rings. The van der Waals surface area contributed by atoms with Gasteiger partial charge in [-0.05, 0) is 26.0 Å². The molecule has 0 bridgehead atoms. The van der Waals surface area contributed by atoms with Crippen LogP contribution in [0.4, 0.5) is 10.1 Å². The van der Waals surface area contributed by atoms with E-state index in [9.17, 15) is 14.0 Å². The predicted octanol–water partition coefficient (Wildman–Crippen LogP) is 2.29. The quantitative estimate of drug-likeness (QED) is 0.846. The van der Waals surface area contributed by atoms with Crippen LogP contribution >= 0.6 is 0 Å². The number of aryl methyl sites for hydroxylation is 1. The molecule has 0 radical (unpaired) electrons. The number of rotatable bonds is 4. The average molecular weight is 291 g/mol. The molecule has 0 fully saturated rings. The molecule has 0 aliphatic rings. The molecule has 21 heavy (non-hydrogen) atoms. The van der Waals surface area contributed by atoms with Crippen LogP contribution in [0.3, 0.4) is 0 Å². The normalized spacial score (nSPS) is 10.2. The molecule has 0 aliphatic carbocycles. The zero-order valence-corrected chi connectivity index (χ0v) is 11.6. The van der Waals surface area contributed by atoms with Crippen LogP contribution in [0.1, 0.15) is 33.5 Å². The van der Waals surface area contributed by atoms with Crippen molar-refractivity contribution in [2.75, 3.05) is 11.9 Å². The van der Waals surface area contributed by atoms with Gasteiger partial charge in [-0.1, -0.05) is 0 Å². The van der Waals surface area contributed by atoms with Crippen LogP contribution in [-0.2, 0) is 4.74 Å². The maximum absolute atomic E-state index is 12.8. The van der Waals surface area contributed by atoms with Crippen LogP contribution in [0.15, 0.2) is 24.5 Å². The summed E-state index contributed by atoms with van der Waals surface area (Å²) in [5.74, 6) is -1.60. The van der Waals surface area contributed by atoms with Gasteiger partial charge in [0.05, 0.1) is 18.5 Å². The van der Waals surface area contributed by atoms with Gasteiger partial charge in [-0.2, -0.15) is 0 Å². The number of anilines is 1. The van der Waals surface area contributed by atoms with Crippen LogP contribution in [0.25, 0.3) is 0 Å². The Balaban J connectivity index is 2.22. The lowest BCUT2D eigenvalue weighted by molar-refractivity contribution is 0.0527. The summed E-state index contributed by atoms with van der Waals surface area (Å²) in [5, 5.41) is 2.55. The summed E-state index contributed by atoms with van der Waals surface area (Å²) < 4.78 is 17.7. The first-order valence-electron chi connectivity index (χ1n) is 6.31. The number of pyridine rings is 1. The lowest BCUT2D eigenvalue weighted by Crippen LogP contribution is -2.16. The first kappa shape index (κ1) is 14.7. The van der Waals surface area contributed by atoms with Gasteiger partial charge in [-0.25, -0.2) is 14.2 Å². The second-order valence-corrected chi connectivity index (χ2v) is 4.24. The van der Waals surface area contributed by atoms with Crippen molar-refractivity contribution in [2.45, 2.75) is 13.8 Å². The Kier molecular flexibility index (Phi) is 4.32. The molecule has 0 aromatic carbocycles. The van der Waals surface area contributed by atoms with Crippen molar-refractivity contribution in [1.82, 2.24) is 9.97 Å². The largest absolute Gasteiger partial charge is 0.462 e. The molecule has 110 valence electrons. The third-order valence-corrected chi connectivity index (χ3v) is 2.77. The third kappa shape index (κ3) is 3.25. The monoisotopic (exact) mass is 291 g/mol. The summed E-state index contributed by atoms with van der Waals surface area (Å²) in [5.41, 5.74) is 1.18. The van der Waals surface area contributed by atoms with E-state index in [1.165, 1.54) is 12.3 Å². The number of nitrogens with one attached hydrogen (secondary N) is 2. The lowest BCUT2D eigenvalue weighted by Gasteiger charge is -2.06. The van der Waals surface area contributed by atoms with E-state index in [-0.39, 0.29) is 17.9 Å². The summed E-state index contributed by atoms with van der Waals surface area (Å²) >= 11 is 0. The maximum atomic E-state index is 12.8. The second kappa shape index (κ2) is 6.17. The fourth-order valence-corrected chi connectivity index (χ4v) is 1.79. The van der Waals surface area contributed by atoms with Gasteiger partial charge >= 0.3 is 5.97 Å². The number of amides is 1. The van der Waals surface area contributed by atoms with Crippen molar-refractivity contribution >= 4 is 17.6 Å². The molecule has 0 unspecified atom stereocenters. The molecular formula is C14H14FN3O3. The van der Waals surface area contributed by atoms with E-state index >= 15 is 0 Å². The third-order valence-electron chi connectivity index (χ3n) is 2.77. The van der Waals surface area contributed by atoms with Gasteiger partial charge in [0.2, 0.25) is 0 Å². The number of nitrogens with zero attached hydrogens (tertiary/aromatic N) is 1. The molecule has 2 heterocycles. The Morgan fingerprint density at radius 3 is 2.81 bits per heavy atom. The number of aromatic amines is 1. The molecule has 2 N–H and O–H groups in total. The molecule has 2 aromatic heterocycles. The Hall–Kier alpha value is -2.70. The second-order valence-electron chi connectivity index (χ2n) is 4.24. The fraction of sp³-hybridized carbons (Fsp3) is 0.214. The highest BCUT2D eigenvalue weighted by Crippen LogP contribution is 2.21. The topological polar surface area (TPSA) is 84.1 Å². The lowest BCUT2D eigenvalue weighted by atomic mass is 10.2. The molecule has 0 saturated carbocycles. The average Bonchev–Trinajstić information content (AvgIpc) is 2.80. The first-order valence-corrected chi connectivity index (χ1v) is 6.31. The molecule has 0 spiro atoms. The van der Waals surface area contributed by atoms with E-state index in [1.807, 2.05) is 0 Å². The number of H-pyrrole nitrogens is 1. The van der Waals surface area contributed by atoms with Crippen LogP contribution < -0.4 is 5.32 Å². The summed E-state index contributed by atoms with van der Waals surface area (Å²) in [6.07, 6.45) is 2.44. The van der Waals surface area contributed by atoms with Gasteiger partial charge in [0.25, 0.3) is 5.91 Å². The number of carbonyl (C=O) groups excluding carboxylic acids is 2. The van der Waals surface area contributed by atoms with Gasteiger partial charge in [-0.15, -0.1) is 0 Å². The standard InChI is InChI=1S/C14H14FN3O3/c1-3-21-14(20)12-8(2)16-7-11(12)18-13(19)10-5-4-9(15)6-17-10/h4-7,16H,3H2,1-2H3,(H,18,19). The summed E-state index contributed by atoms with van der Waals surface area (Å²) in [6.45, 7) is 3.62. The van der Waals surface area contributed by atoms with Crippen LogP contribution in [0, 0.1) is 12.7 Å². The smallest absolute Gasteiger partial charge is 0.342 e. The fourth-order valence-electron chi connectivity index (χ4n) is 1.79. The van der Waals surface area contributed by atoms with Crippen LogP contribution in [0.2, 0.25) is 0 Å². The van der Waals surface area contributed by atoms with Crippen LogP contribution in [-0.4, -0.2) is 28.5 Å². The van der Waals surface area contributed by atoms with Gasteiger partial charge in [0.1, 0.15) is 17.1 Å². The van der Waals surface area contributed by atoms with E-state index in [0.29, 0.717) is 11.4 Å². The zero-order valence-electron chi connectivity index (χ0n) is 11.6. The number of ether oxygens (including phenoxy) is 1. The summed E-state index contributed by atoms with van der Waals surface area (Å²) in [4.78, 5) is 30.4. The molecule has 0 saturated heterocycles.